The van der Waals surface area contributed by atoms with Gasteiger partial charge in [0.2, 0.25) is 0 Å². The number of hydrogen-bond acceptors (Lipinski definition) is 5. The molecule has 0 aliphatic carbocycles. The van der Waals surface area contributed by atoms with Crippen LogP contribution in [0.5, 0.6) is 5.75 Å². The van der Waals surface area contributed by atoms with Crippen molar-refractivity contribution in [3.63, 3.8) is 0 Å². The van der Waals surface area contributed by atoms with Crippen molar-refractivity contribution >= 4 is 9.84 Å². The second-order valence-corrected chi connectivity index (χ2v) is 7.37. The van der Waals surface area contributed by atoms with Gasteiger partial charge in [0.25, 0.3) is 0 Å². The normalized spacial score (nSPS) is 21.1. The van der Waals surface area contributed by atoms with Gasteiger partial charge in [0.1, 0.15) is 5.75 Å². The zero-order valence-electron chi connectivity index (χ0n) is 11.8. The molecule has 0 saturated carbocycles. The summed E-state index contributed by atoms with van der Waals surface area (Å²) in [6.07, 6.45) is 0.669. The van der Waals surface area contributed by atoms with Crippen LogP contribution < -0.4 is 10.5 Å². The van der Waals surface area contributed by atoms with Gasteiger partial charge in [0.05, 0.1) is 18.6 Å². The van der Waals surface area contributed by atoms with Crippen molar-refractivity contribution in [1.29, 1.82) is 0 Å². The average Bonchev–Trinajstić information content (AvgIpc) is 2.62. The number of hydrogen-bond donors (Lipinski definition) is 1. The zero-order valence-corrected chi connectivity index (χ0v) is 12.6. The van der Waals surface area contributed by atoms with Gasteiger partial charge in [-0.2, -0.15) is 0 Å². The second kappa shape index (κ2) is 6.56. The summed E-state index contributed by atoms with van der Waals surface area (Å²) in [7, 11) is -1.26. The number of benzene rings is 1. The monoisotopic (exact) mass is 298 g/mol. The summed E-state index contributed by atoms with van der Waals surface area (Å²) in [4.78, 5) is 2.17. The van der Waals surface area contributed by atoms with Crippen LogP contribution >= 0.6 is 0 Å². The van der Waals surface area contributed by atoms with E-state index >= 15 is 0 Å². The lowest BCUT2D eigenvalue weighted by Gasteiger charge is -2.29. The maximum absolute atomic E-state index is 11.7. The highest BCUT2D eigenvalue weighted by Crippen LogP contribution is 2.24. The first-order chi connectivity index (χ1) is 9.55. The van der Waals surface area contributed by atoms with Gasteiger partial charge in [-0.15, -0.1) is 0 Å². The number of rotatable bonds is 4. The van der Waals surface area contributed by atoms with E-state index in [1.165, 1.54) is 0 Å². The molecule has 1 aliphatic heterocycles. The molecule has 1 aromatic carbocycles. The van der Waals surface area contributed by atoms with Crippen LogP contribution in [-0.2, 0) is 9.84 Å². The van der Waals surface area contributed by atoms with Crippen molar-refractivity contribution in [2.75, 3.05) is 38.2 Å². The first-order valence-electron chi connectivity index (χ1n) is 6.84. The number of methoxy groups -OCH3 is 1. The fourth-order valence-electron chi connectivity index (χ4n) is 2.61. The van der Waals surface area contributed by atoms with E-state index in [2.05, 4.69) is 4.90 Å². The number of sulfone groups is 1. The maximum Gasteiger partial charge on any atom is 0.151 e. The molecule has 0 radical (unpaired) electrons. The topological polar surface area (TPSA) is 72.6 Å². The van der Waals surface area contributed by atoms with Gasteiger partial charge >= 0.3 is 0 Å². The third kappa shape index (κ3) is 3.71. The summed E-state index contributed by atoms with van der Waals surface area (Å²) in [6.45, 7) is 1.77. The molecule has 1 fully saturated rings. The van der Waals surface area contributed by atoms with Gasteiger partial charge in [-0.25, -0.2) is 8.42 Å². The Morgan fingerprint density at radius 1 is 1.35 bits per heavy atom. The molecule has 0 aromatic heterocycles. The molecule has 1 aliphatic rings. The van der Waals surface area contributed by atoms with E-state index in [9.17, 15) is 8.42 Å². The minimum Gasteiger partial charge on any atom is -0.497 e. The molecular weight excluding hydrogens is 276 g/mol. The lowest BCUT2D eigenvalue weighted by Crippen LogP contribution is -2.35. The molecule has 20 heavy (non-hydrogen) atoms. The molecule has 6 heteroatoms. The molecule has 1 atom stereocenters. The predicted octanol–water partition coefficient (Wildman–Crippen LogP) is 0.816. The number of ether oxygens (including phenoxy) is 1. The lowest BCUT2D eigenvalue weighted by molar-refractivity contribution is 0.217. The van der Waals surface area contributed by atoms with E-state index in [1.807, 2.05) is 24.3 Å². The van der Waals surface area contributed by atoms with Crippen LogP contribution in [0.25, 0.3) is 0 Å². The maximum atomic E-state index is 11.7. The minimum absolute atomic E-state index is 0.0402. The molecule has 1 heterocycles. The molecule has 112 valence electrons. The summed E-state index contributed by atoms with van der Waals surface area (Å²) in [5.41, 5.74) is 6.99. The highest BCUT2D eigenvalue weighted by atomic mass is 32.2. The summed E-state index contributed by atoms with van der Waals surface area (Å²) in [6, 6.07) is 7.85. The predicted molar refractivity (Wildman–Crippen MR) is 79.6 cm³/mol. The quantitative estimate of drug-likeness (QED) is 0.891. The largest absolute Gasteiger partial charge is 0.497 e. The first kappa shape index (κ1) is 15.3. The Bertz CT molecular complexity index is 545. The van der Waals surface area contributed by atoms with Crippen LogP contribution in [-0.4, -0.2) is 51.6 Å². The highest BCUT2D eigenvalue weighted by molar-refractivity contribution is 7.91. The number of nitrogens with zero attached hydrogens (tertiary/aromatic N) is 1. The van der Waals surface area contributed by atoms with E-state index in [4.69, 9.17) is 10.5 Å². The van der Waals surface area contributed by atoms with Gasteiger partial charge in [-0.05, 0) is 30.7 Å². The lowest BCUT2D eigenvalue weighted by atomic mass is 10.0. The fourth-order valence-corrected chi connectivity index (χ4v) is 3.90. The van der Waals surface area contributed by atoms with Crippen molar-refractivity contribution in [2.24, 2.45) is 5.73 Å². The SMILES string of the molecule is COc1cccc(C(CN)N2CCCS(=O)(=O)CC2)c1. The van der Waals surface area contributed by atoms with Crippen LogP contribution in [0.3, 0.4) is 0 Å². The second-order valence-electron chi connectivity index (χ2n) is 5.07. The summed E-state index contributed by atoms with van der Waals surface area (Å²) in [5, 5.41) is 0. The van der Waals surface area contributed by atoms with E-state index in [0.29, 0.717) is 19.5 Å². The summed E-state index contributed by atoms with van der Waals surface area (Å²) < 4.78 is 28.6. The fraction of sp³-hybridized carbons (Fsp3) is 0.571. The Hall–Kier alpha value is -1.11. The van der Waals surface area contributed by atoms with Crippen LogP contribution in [0.4, 0.5) is 0 Å². The van der Waals surface area contributed by atoms with E-state index < -0.39 is 9.84 Å². The van der Waals surface area contributed by atoms with E-state index in [0.717, 1.165) is 17.9 Å². The number of nitrogens with two attached hydrogens (primary N) is 1. The van der Waals surface area contributed by atoms with E-state index in [-0.39, 0.29) is 17.5 Å². The van der Waals surface area contributed by atoms with Crippen molar-refractivity contribution < 1.29 is 13.2 Å². The van der Waals surface area contributed by atoms with Gasteiger partial charge in [-0.1, -0.05) is 12.1 Å². The van der Waals surface area contributed by atoms with Crippen molar-refractivity contribution in [2.45, 2.75) is 12.5 Å². The van der Waals surface area contributed by atoms with Crippen molar-refractivity contribution in [3.05, 3.63) is 29.8 Å². The zero-order chi connectivity index (χ0) is 14.6. The molecular formula is C14H22N2O3S. The van der Waals surface area contributed by atoms with Crippen LogP contribution in [0.2, 0.25) is 0 Å². The molecule has 0 spiro atoms. The Balaban J connectivity index is 2.18. The van der Waals surface area contributed by atoms with Crippen molar-refractivity contribution in [3.8, 4) is 5.75 Å². The van der Waals surface area contributed by atoms with Crippen LogP contribution in [0.1, 0.15) is 18.0 Å². The molecule has 1 unspecified atom stereocenters. The molecule has 0 amide bonds. The van der Waals surface area contributed by atoms with Gasteiger partial charge in [0, 0.05) is 19.1 Å². The van der Waals surface area contributed by atoms with Gasteiger partial charge < -0.3 is 10.5 Å². The minimum atomic E-state index is -2.90. The molecule has 2 N–H and O–H groups in total. The highest BCUT2D eigenvalue weighted by Gasteiger charge is 2.25. The Morgan fingerprint density at radius 3 is 2.85 bits per heavy atom. The van der Waals surface area contributed by atoms with Gasteiger partial charge in [0.15, 0.2) is 9.84 Å². The summed E-state index contributed by atoms with van der Waals surface area (Å²) in [5.74, 6) is 1.29. The Morgan fingerprint density at radius 2 is 2.15 bits per heavy atom. The first-order valence-corrected chi connectivity index (χ1v) is 8.66. The smallest absolute Gasteiger partial charge is 0.151 e. The van der Waals surface area contributed by atoms with Crippen molar-refractivity contribution in [1.82, 2.24) is 4.90 Å². The third-order valence-corrected chi connectivity index (χ3v) is 5.45. The molecule has 2 rings (SSSR count). The molecule has 5 nitrogen and oxygen atoms in total. The third-order valence-electron chi connectivity index (χ3n) is 3.73. The molecule has 0 bridgehead atoms. The summed E-state index contributed by atoms with van der Waals surface area (Å²) >= 11 is 0. The van der Waals surface area contributed by atoms with E-state index in [1.54, 1.807) is 7.11 Å². The van der Waals surface area contributed by atoms with Crippen LogP contribution in [0, 0.1) is 0 Å². The van der Waals surface area contributed by atoms with Crippen LogP contribution in [0.15, 0.2) is 24.3 Å². The Labute approximate surface area is 120 Å². The van der Waals surface area contributed by atoms with Gasteiger partial charge in [-0.3, -0.25) is 4.90 Å². The molecule has 1 saturated heterocycles. The Kier molecular flexibility index (Phi) is 5.01. The molecule has 1 aromatic rings. The standard InChI is InChI=1S/C14H22N2O3S/c1-19-13-5-2-4-12(10-13)14(11-15)16-6-3-8-20(17,18)9-7-16/h2,4-5,10,14H,3,6-9,11,15H2,1H3. The average molecular weight is 298 g/mol.